The number of aliphatic imine (C=N–C) groups is 1. The van der Waals surface area contributed by atoms with Crippen LogP contribution in [0.15, 0.2) is 47.5 Å². The van der Waals surface area contributed by atoms with Crippen LogP contribution in [0.2, 0.25) is 5.02 Å². The van der Waals surface area contributed by atoms with Crippen molar-refractivity contribution in [3.05, 3.63) is 64.2 Å². The van der Waals surface area contributed by atoms with Gasteiger partial charge in [0.05, 0.1) is 19.8 Å². The molecule has 0 atom stereocenters. The highest BCUT2D eigenvalue weighted by Crippen LogP contribution is 2.23. The molecule has 0 aromatic heterocycles. The monoisotopic (exact) mass is 430 g/mol. The second-order valence-electron chi connectivity index (χ2n) is 7.12. The van der Waals surface area contributed by atoms with Crippen molar-refractivity contribution in [2.24, 2.45) is 4.99 Å². The highest BCUT2D eigenvalue weighted by atomic mass is 35.5. The third kappa shape index (κ3) is 6.62. The standard InChI is InChI=1S/C23H31ClN4O2/c1-3-30-22-14-21(24)9-8-19(22)16-27-23(25-2)26-15-18-6-4-5-7-20(18)17-28-10-12-29-13-11-28/h4-9,14H,3,10-13,15-17H2,1-2H3,(H2,25,26,27). The Morgan fingerprint density at radius 2 is 1.77 bits per heavy atom. The number of benzene rings is 2. The van der Waals surface area contributed by atoms with E-state index < -0.39 is 0 Å². The molecule has 162 valence electrons. The zero-order chi connectivity index (χ0) is 21.2. The highest BCUT2D eigenvalue weighted by Gasteiger charge is 2.13. The van der Waals surface area contributed by atoms with Crippen molar-refractivity contribution in [1.82, 2.24) is 15.5 Å². The SMILES string of the molecule is CCOc1cc(Cl)ccc1CNC(=NC)NCc1ccccc1CN1CCOCC1. The Bertz CT molecular complexity index is 838. The van der Waals surface area contributed by atoms with Crippen LogP contribution in [-0.4, -0.2) is 50.8 Å². The van der Waals surface area contributed by atoms with Crippen LogP contribution in [0.4, 0.5) is 0 Å². The smallest absolute Gasteiger partial charge is 0.191 e. The van der Waals surface area contributed by atoms with Gasteiger partial charge in [-0.3, -0.25) is 9.89 Å². The first kappa shape index (κ1) is 22.4. The van der Waals surface area contributed by atoms with Gasteiger partial charge in [-0.2, -0.15) is 0 Å². The molecule has 0 bridgehead atoms. The maximum atomic E-state index is 6.10. The zero-order valence-corrected chi connectivity index (χ0v) is 18.5. The summed E-state index contributed by atoms with van der Waals surface area (Å²) < 4.78 is 11.2. The number of rotatable bonds is 8. The molecule has 0 spiro atoms. The van der Waals surface area contributed by atoms with E-state index in [9.17, 15) is 0 Å². The number of hydrogen-bond donors (Lipinski definition) is 2. The molecule has 0 radical (unpaired) electrons. The molecule has 2 N–H and O–H groups in total. The van der Waals surface area contributed by atoms with E-state index in [1.165, 1.54) is 11.1 Å². The summed E-state index contributed by atoms with van der Waals surface area (Å²) in [6.07, 6.45) is 0. The van der Waals surface area contributed by atoms with E-state index >= 15 is 0 Å². The minimum atomic E-state index is 0.597. The Morgan fingerprint density at radius 1 is 1.07 bits per heavy atom. The van der Waals surface area contributed by atoms with E-state index in [0.717, 1.165) is 50.1 Å². The summed E-state index contributed by atoms with van der Waals surface area (Å²) in [4.78, 5) is 6.79. The Morgan fingerprint density at radius 3 is 2.47 bits per heavy atom. The van der Waals surface area contributed by atoms with Gasteiger partial charge in [0, 0.05) is 50.4 Å². The number of ether oxygens (including phenoxy) is 2. The molecular weight excluding hydrogens is 400 g/mol. The van der Waals surface area contributed by atoms with E-state index in [1.54, 1.807) is 7.05 Å². The van der Waals surface area contributed by atoms with Gasteiger partial charge in [-0.15, -0.1) is 0 Å². The van der Waals surface area contributed by atoms with Gasteiger partial charge in [0.1, 0.15) is 5.75 Å². The topological polar surface area (TPSA) is 58.1 Å². The lowest BCUT2D eigenvalue weighted by Gasteiger charge is -2.27. The number of guanidine groups is 1. The number of nitrogens with zero attached hydrogens (tertiary/aromatic N) is 2. The minimum absolute atomic E-state index is 0.597. The summed E-state index contributed by atoms with van der Waals surface area (Å²) in [5.41, 5.74) is 3.64. The van der Waals surface area contributed by atoms with Crippen LogP contribution in [0.25, 0.3) is 0 Å². The number of halogens is 1. The van der Waals surface area contributed by atoms with Crippen molar-refractivity contribution < 1.29 is 9.47 Å². The number of morpholine rings is 1. The Balaban J connectivity index is 1.57. The predicted molar refractivity (Wildman–Crippen MR) is 122 cm³/mol. The molecule has 0 amide bonds. The van der Waals surface area contributed by atoms with Crippen molar-refractivity contribution in [3.8, 4) is 5.75 Å². The van der Waals surface area contributed by atoms with Gasteiger partial charge in [-0.05, 0) is 30.2 Å². The normalized spacial score (nSPS) is 15.1. The lowest BCUT2D eigenvalue weighted by molar-refractivity contribution is 0.0341. The predicted octanol–water partition coefficient (Wildman–Crippen LogP) is 3.44. The summed E-state index contributed by atoms with van der Waals surface area (Å²) in [5, 5.41) is 7.46. The fraction of sp³-hybridized carbons (Fsp3) is 0.435. The number of nitrogens with one attached hydrogen (secondary N) is 2. The Kier molecular flexibility index (Phi) is 8.81. The van der Waals surface area contributed by atoms with Crippen molar-refractivity contribution in [2.45, 2.75) is 26.6 Å². The molecule has 1 saturated heterocycles. The summed E-state index contributed by atoms with van der Waals surface area (Å²) in [6, 6.07) is 14.2. The summed E-state index contributed by atoms with van der Waals surface area (Å²) >= 11 is 6.10. The molecule has 0 unspecified atom stereocenters. The molecule has 1 heterocycles. The van der Waals surface area contributed by atoms with Crippen molar-refractivity contribution in [1.29, 1.82) is 0 Å². The van der Waals surface area contributed by atoms with Crippen LogP contribution in [0, 0.1) is 0 Å². The first-order valence-electron chi connectivity index (χ1n) is 10.4. The molecule has 2 aromatic carbocycles. The van der Waals surface area contributed by atoms with Crippen LogP contribution < -0.4 is 15.4 Å². The Hall–Kier alpha value is -2.28. The molecule has 3 rings (SSSR count). The molecule has 1 aliphatic heterocycles. The molecule has 7 heteroatoms. The van der Waals surface area contributed by atoms with Gasteiger partial charge < -0.3 is 20.1 Å². The van der Waals surface area contributed by atoms with Crippen LogP contribution in [0.3, 0.4) is 0 Å². The van der Waals surface area contributed by atoms with E-state index in [0.29, 0.717) is 24.7 Å². The third-order valence-corrected chi connectivity index (χ3v) is 5.30. The molecular formula is C23H31ClN4O2. The number of hydrogen-bond acceptors (Lipinski definition) is 4. The van der Waals surface area contributed by atoms with E-state index in [2.05, 4.69) is 44.8 Å². The lowest BCUT2D eigenvalue weighted by atomic mass is 10.1. The average Bonchev–Trinajstić information content (AvgIpc) is 2.77. The zero-order valence-electron chi connectivity index (χ0n) is 17.8. The van der Waals surface area contributed by atoms with Crippen LogP contribution in [0.1, 0.15) is 23.6 Å². The maximum absolute atomic E-state index is 6.10. The maximum Gasteiger partial charge on any atom is 0.191 e. The third-order valence-electron chi connectivity index (χ3n) is 5.06. The fourth-order valence-electron chi connectivity index (χ4n) is 3.43. The molecule has 2 aromatic rings. The highest BCUT2D eigenvalue weighted by molar-refractivity contribution is 6.30. The second-order valence-corrected chi connectivity index (χ2v) is 7.56. The first-order valence-corrected chi connectivity index (χ1v) is 10.8. The van der Waals surface area contributed by atoms with Gasteiger partial charge in [-0.1, -0.05) is 41.9 Å². The van der Waals surface area contributed by atoms with Gasteiger partial charge >= 0.3 is 0 Å². The van der Waals surface area contributed by atoms with Gasteiger partial charge in [0.2, 0.25) is 0 Å². The van der Waals surface area contributed by atoms with Gasteiger partial charge in [-0.25, -0.2) is 0 Å². The second kappa shape index (κ2) is 11.8. The minimum Gasteiger partial charge on any atom is -0.493 e. The van der Waals surface area contributed by atoms with Crippen molar-refractivity contribution >= 4 is 17.6 Å². The summed E-state index contributed by atoms with van der Waals surface area (Å²) in [5.74, 6) is 1.54. The van der Waals surface area contributed by atoms with Crippen LogP contribution >= 0.6 is 11.6 Å². The summed E-state index contributed by atoms with van der Waals surface area (Å²) in [6.45, 7) is 8.39. The largest absolute Gasteiger partial charge is 0.493 e. The Labute approximate surface area is 184 Å². The molecule has 6 nitrogen and oxygen atoms in total. The lowest BCUT2D eigenvalue weighted by Crippen LogP contribution is -2.37. The molecule has 0 saturated carbocycles. The van der Waals surface area contributed by atoms with E-state index in [1.807, 2.05) is 25.1 Å². The quantitative estimate of drug-likeness (QED) is 0.496. The van der Waals surface area contributed by atoms with Crippen LogP contribution in [-0.2, 0) is 24.4 Å². The first-order chi connectivity index (χ1) is 14.7. The molecule has 1 aliphatic rings. The van der Waals surface area contributed by atoms with Gasteiger partial charge in [0.25, 0.3) is 0 Å². The van der Waals surface area contributed by atoms with Gasteiger partial charge in [0.15, 0.2) is 5.96 Å². The van der Waals surface area contributed by atoms with Crippen LogP contribution in [0.5, 0.6) is 5.75 Å². The van der Waals surface area contributed by atoms with E-state index in [-0.39, 0.29) is 0 Å². The fourth-order valence-corrected chi connectivity index (χ4v) is 3.59. The molecule has 1 fully saturated rings. The van der Waals surface area contributed by atoms with Crippen molar-refractivity contribution in [2.75, 3.05) is 40.0 Å². The van der Waals surface area contributed by atoms with Crippen molar-refractivity contribution in [3.63, 3.8) is 0 Å². The van der Waals surface area contributed by atoms with E-state index in [4.69, 9.17) is 21.1 Å². The summed E-state index contributed by atoms with van der Waals surface area (Å²) in [7, 11) is 1.78. The molecule has 0 aliphatic carbocycles. The molecule has 30 heavy (non-hydrogen) atoms. The average molecular weight is 431 g/mol.